The molecule has 0 aliphatic rings. The molecule has 0 amide bonds. The first kappa shape index (κ1) is 15.3. The smallest absolute Gasteiger partial charge is 0.0728 e. The number of hydrogen-bond acceptors (Lipinski definition) is 1. The fourth-order valence-corrected chi connectivity index (χ4v) is 6.86. The quantitative estimate of drug-likeness (QED) is 0.247. The zero-order valence-electron chi connectivity index (χ0n) is 16.3. The molecule has 3 heteroatoms. The van der Waals surface area contributed by atoms with E-state index in [-0.39, 0.29) is 0 Å². The summed E-state index contributed by atoms with van der Waals surface area (Å²) in [6.07, 6.45) is 0. The average molecular weight is 401 g/mol. The van der Waals surface area contributed by atoms with Crippen LogP contribution in [0.3, 0.4) is 0 Å². The van der Waals surface area contributed by atoms with Crippen molar-refractivity contribution in [2.24, 2.45) is 7.05 Å². The predicted molar refractivity (Wildman–Crippen MR) is 130 cm³/mol. The van der Waals surface area contributed by atoms with Crippen molar-refractivity contribution < 1.29 is 0 Å². The van der Waals surface area contributed by atoms with Gasteiger partial charge in [-0.1, -0.05) is 48.5 Å². The molecule has 0 aliphatic heterocycles. The van der Waals surface area contributed by atoms with Crippen molar-refractivity contribution in [2.45, 2.75) is 0 Å². The Hall–Kier alpha value is -3.56. The minimum Gasteiger partial charge on any atom is -0.344 e. The molecule has 0 bridgehead atoms. The van der Waals surface area contributed by atoms with E-state index in [1.54, 1.807) is 0 Å². The van der Waals surface area contributed by atoms with E-state index in [4.69, 9.17) is 0 Å². The van der Waals surface area contributed by atoms with Gasteiger partial charge in [-0.05, 0) is 35.7 Å². The molecular formula is C27H16N2S. The molecule has 2 nitrogen and oxygen atoms in total. The summed E-state index contributed by atoms with van der Waals surface area (Å²) >= 11 is 1.92. The van der Waals surface area contributed by atoms with Crippen LogP contribution in [0.25, 0.3) is 69.3 Å². The van der Waals surface area contributed by atoms with E-state index in [1.807, 2.05) is 11.3 Å². The van der Waals surface area contributed by atoms with Gasteiger partial charge in [0.1, 0.15) is 0 Å². The van der Waals surface area contributed by atoms with Crippen LogP contribution in [0.5, 0.6) is 0 Å². The molecular weight excluding hydrogens is 384 g/mol. The molecule has 0 radical (unpaired) electrons. The monoisotopic (exact) mass is 400 g/mol. The third-order valence-corrected chi connectivity index (χ3v) is 8.06. The van der Waals surface area contributed by atoms with Crippen LogP contribution in [0, 0.1) is 0 Å². The Morgan fingerprint density at radius 1 is 0.567 bits per heavy atom. The molecule has 0 saturated carbocycles. The van der Waals surface area contributed by atoms with Gasteiger partial charge in [-0.2, -0.15) is 0 Å². The summed E-state index contributed by atoms with van der Waals surface area (Å²) in [5.41, 5.74) is 6.57. The van der Waals surface area contributed by atoms with Gasteiger partial charge in [0.25, 0.3) is 0 Å². The molecule has 8 aromatic rings. The number of benzene rings is 4. The Bertz CT molecular complexity index is 1960. The normalized spacial score (nSPS) is 12.8. The lowest BCUT2D eigenvalue weighted by molar-refractivity contribution is 1.01. The highest BCUT2D eigenvalue weighted by Gasteiger charge is 2.23. The molecule has 0 atom stereocenters. The number of para-hydroxylation sites is 1. The van der Waals surface area contributed by atoms with Gasteiger partial charge in [0, 0.05) is 44.2 Å². The van der Waals surface area contributed by atoms with E-state index >= 15 is 0 Å². The van der Waals surface area contributed by atoms with Crippen molar-refractivity contribution in [3.63, 3.8) is 0 Å². The van der Waals surface area contributed by atoms with Crippen molar-refractivity contribution >= 4 is 80.6 Å². The topological polar surface area (TPSA) is 9.34 Å². The third-order valence-electron chi connectivity index (χ3n) is 6.87. The molecule has 0 aliphatic carbocycles. The van der Waals surface area contributed by atoms with Crippen LogP contribution in [0.15, 0.2) is 78.9 Å². The number of thiophene rings is 1. The molecule has 140 valence electrons. The first-order valence-electron chi connectivity index (χ1n) is 10.3. The summed E-state index contributed by atoms with van der Waals surface area (Å²) in [6, 6.07) is 29.1. The second-order valence-electron chi connectivity index (χ2n) is 8.24. The molecule has 4 aromatic heterocycles. The molecule has 0 fully saturated rings. The second-order valence-corrected chi connectivity index (χ2v) is 9.30. The summed E-state index contributed by atoms with van der Waals surface area (Å²) in [5, 5.41) is 8.09. The SMILES string of the molecule is Cn1c2cccc3c4ccccc4n4c5c6ccccc6sc5c5ccc1c(c32)c54. The van der Waals surface area contributed by atoms with Gasteiger partial charge in [-0.25, -0.2) is 0 Å². The van der Waals surface area contributed by atoms with Gasteiger partial charge < -0.3 is 8.97 Å². The van der Waals surface area contributed by atoms with Crippen LogP contribution in [-0.2, 0) is 7.05 Å². The molecule has 4 aromatic carbocycles. The Kier molecular flexibility index (Phi) is 2.52. The number of nitrogens with zero attached hydrogens (tertiary/aromatic N) is 2. The van der Waals surface area contributed by atoms with Crippen molar-refractivity contribution in [2.75, 3.05) is 0 Å². The van der Waals surface area contributed by atoms with Crippen LogP contribution in [-0.4, -0.2) is 8.97 Å². The molecule has 4 heterocycles. The summed E-state index contributed by atoms with van der Waals surface area (Å²) in [4.78, 5) is 0. The van der Waals surface area contributed by atoms with E-state index in [9.17, 15) is 0 Å². The highest BCUT2D eigenvalue weighted by atomic mass is 32.1. The van der Waals surface area contributed by atoms with Gasteiger partial charge >= 0.3 is 0 Å². The van der Waals surface area contributed by atoms with Crippen LogP contribution < -0.4 is 0 Å². The van der Waals surface area contributed by atoms with E-state index in [0.29, 0.717) is 0 Å². The number of hydrogen-bond donors (Lipinski definition) is 0. The number of aryl methyl sites for hydroxylation is 1. The minimum atomic E-state index is 1.28. The fourth-order valence-electron chi connectivity index (χ4n) is 5.64. The minimum absolute atomic E-state index is 1.28. The summed E-state index contributed by atoms with van der Waals surface area (Å²) in [7, 11) is 2.19. The maximum atomic E-state index is 2.54. The number of rotatable bonds is 0. The molecule has 0 unspecified atom stereocenters. The Labute approximate surface area is 175 Å². The Morgan fingerprint density at radius 2 is 1.30 bits per heavy atom. The second kappa shape index (κ2) is 4.94. The Morgan fingerprint density at radius 3 is 2.23 bits per heavy atom. The fraction of sp³-hybridized carbons (Fsp3) is 0.0370. The van der Waals surface area contributed by atoms with Crippen LogP contribution in [0.4, 0.5) is 0 Å². The molecule has 0 N–H and O–H groups in total. The predicted octanol–water partition coefficient (Wildman–Crippen LogP) is 7.70. The summed E-state index contributed by atoms with van der Waals surface area (Å²) in [6.45, 7) is 0. The van der Waals surface area contributed by atoms with Crippen LogP contribution in [0.1, 0.15) is 0 Å². The lowest BCUT2D eigenvalue weighted by Gasteiger charge is -2.04. The maximum Gasteiger partial charge on any atom is 0.0728 e. The lowest BCUT2D eigenvalue weighted by Crippen LogP contribution is -1.88. The Balaban J connectivity index is 1.92. The van der Waals surface area contributed by atoms with Gasteiger partial charge in [0.15, 0.2) is 0 Å². The van der Waals surface area contributed by atoms with Gasteiger partial charge in [0.2, 0.25) is 0 Å². The zero-order chi connectivity index (χ0) is 19.6. The zero-order valence-corrected chi connectivity index (χ0v) is 17.1. The van der Waals surface area contributed by atoms with Crippen molar-refractivity contribution in [1.82, 2.24) is 8.97 Å². The third kappa shape index (κ3) is 1.54. The van der Waals surface area contributed by atoms with E-state index < -0.39 is 0 Å². The number of fused-ring (bicyclic) bond motifs is 8. The first-order valence-corrected chi connectivity index (χ1v) is 11.1. The molecule has 30 heavy (non-hydrogen) atoms. The maximum absolute atomic E-state index is 2.54. The summed E-state index contributed by atoms with van der Waals surface area (Å²) in [5.74, 6) is 0. The van der Waals surface area contributed by atoms with Crippen molar-refractivity contribution in [3.8, 4) is 0 Å². The molecule has 8 rings (SSSR count). The van der Waals surface area contributed by atoms with Gasteiger partial charge in [-0.15, -0.1) is 11.3 Å². The number of aromatic nitrogens is 2. The van der Waals surface area contributed by atoms with Gasteiger partial charge in [0.05, 0.1) is 26.8 Å². The van der Waals surface area contributed by atoms with Crippen LogP contribution in [0.2, 0.25) is 0 Å². The largest absolute Gasteiger partial charge is 0.344 e. The highest BCUT2D eigenvalue weighted by Crippen LogP contribution is 2.47. The first-order chi connectivity index (χ1) is 14.8. The summed E-state index contributed by atoms with van der Waals surface area (Å²) < 4.78 is 7.64. The van der Waals surface area contributed by atoms with Gasteiger partial charge in [-0.3, -0.25) is 0 Å². The van der Waals surface area contributed by atoms with Crippen molar-refractivity contribution in [1.29, 1.82) is 0 Å². The van der Waals surface area contributed by atoms with E-state index in [2.05, 4.69) is 94.9 Å². The van der Waals surface area contributed by atoms with E-state index in [0.717, 1.165) is 0 Å². The average Bonchev–Trinajstić information content (AvgIpc) is 3.38. The standard InChI is InChI=1S/C27H16N2S/c1-28-20-11-6-9-16-15-7-2-4-10-19(15)29-25-18(13-14-21(28)24(25)23(16)20)27-26(29)17-8-3-5-12-22(17)30-27/h2-14H,1H3. The lowest BCUT2D eigenvalue weighted by atomic mass is 10.0. The molecule has 0 spiro atoms. The van der Waals surface area contributed by atoms with Crippen molar-refractivity contribution in [3.05, 3.63) is 78.9 Å². The molecule has 0 saturated heterocycles. The van der Waals surface area contributed by atoms with Crippen LogP contribution >= 0.6 is 11.3 Å². The van der Waals surface area contributed by atoms with E-state index in [1.165, 1.54) is 69.3 Å². The highest BCUT2D eigenvalue weighted by molar-refractivity contribution is 7.26.